The van der Waals surface area contributed by atoms with E-state index in [1.54, 1.807) is 13.8 Å². The van der Waals surface area contributed by atoms with Crippen LogP contribution in [0.5, 0.6) is 0 Å². The summed E-state index contributed by atoms with van der Waals surface area (Å²) in [6, 6.07) is 9.47. The van der Waals surface area contributed by atoms with Gasteiger partial charge in [0.25, 0.3) is 0 Å². The van der Waals surface area contributed by atoms with E-state index in [9.17, 15) is 9.59 Å². The molecule has 1 heterocycles. The lowest BCUT2D eigenvalue weighted by molar-refractivity contribution is -0.205. The minimum absolute atomic E-state index is 0.00273. The van der Waals surface area contributed by atoms with Crippen LogP contribution in [0.4, 0.5) is 0 Å². The molecule has 1 aromatic carbocycles. The standard InChI is InChI=1S/C15H16O4/c1-15(2)18-13(10-14(17)19-15)9-12(16)8-11-6-4-3-5-7-11/h3-7,10H,8-9H2,1-2H3. The lowest BCUT2D eigenvalue weighted by Crippen LogP contribution is -2.34. The van der Waals surface area contributed by atoms with Gasteiger partial charge in [-0.2, -0.15) is 0 Å². The molecular formula is C15H16O4. The number of ketones is 1. The first-order valence-corrected chi connectivity index (χ1v) is 6.13. The molecule has 4 heteroatoms. The molecule has 0 saturated carbocycles. The van der Waals surface area contributed by atoms with Crippen LogP contribution in [0.15, 0.2) is 42.2 Å². The van der Waals surface area contributed by atoms with E-state index in [0.717, 1.165) is 5.56 Å². The molecule has 0 saturated heterocycles. The number of cyclic esters (lactones) is 1. The Kier molecular flexibility index (Phi) is 3.69. The molecule has 1 aromatic rings. The maximum atomic E-state index is 11.9. The first kappa shape index (κ1) is 13.3. The second-order valence-electron chi connectivity index (χ2n) is 4.91. The van der Waals surface area contributed by atoms with Gasteiger partial charge in [-0.05, 0) is 5.56 Å². The largest absolute Gasteiger partial charge is 0.456 e. The van der Waals surface area contributed by atoms with Crippen molar-refractivity contribution in [1.29, 1.82) is 0 Å². The molecule has 0 fully saturated rings. The summed E-state index contributed by atoms with van der Waals surface area (Å²) in [7, 11) is 0. The van der Waals surface area contributed by atoms with Gasteiger partial charge in [-0.1, -0.05) is 30.3 Å². The highest BCUT2D eigenvalue weighted by Crippen LogP contribution is 2.24. The van der Waals surface area contributed by atoms with Crippen LogP contribution in [0.25, 0.3) is 0 Å². The van der Waals surface area contributed by atoms with Gasteiger partial charge < -0.3 is 9.47 Å². The highest BCUT2D eigenvalue weighted by molar-refractivity contribution is 5.87. The van der Waals surface area contributed by atoms with Gasteiger partial charge in [0.2, 0.25) is 5.79 Å². The van der Waals surface area contributed by atoms with Crippen molar-refractivity contribution in [3.05, 3.63) is 47.7 Å². The fraction of sp³-hybridized carbons (Fsp3) is 0.333. The maximum absolute atomic E-state index is 11.9. The topological polar surface area (TPSA) is 52.6 Å². The molecule has 0 bridgehead atoms. The summed E-state index contributed by atoms with van der Waals surface area (Å²) in [6.07, 6.45) is 1.67. The Labute approximate surface area is 112 Å². The van der Waals surface area contributed by atoms with Crippen molar-refractivity contribution >= 4 is 11.8 Å². The van der Waals surface area contributed by atoms with Crippen LogP contribution in [-0.4, -0.2) is 17.5 Å². The molecular weight excluding hydrogens is 244 g/mol. The zero-order chi connectivity index (χ0) is 13.9. The lowest BCUT2D eigenvalue weighted by atomic mass is 10.1. The Morgan fingerprint density at radius 2 is 1.79 bits per heavy atom. The van der Waals surface area contributed by atoms with Crippen LogP contribution in [0.3, 0.4) is 0 Å². The number of hydrogen-bond donors (Lipinski definition) is 0. The maximum Gasteiger partial charge on any atom is 0.337 e. The SMILES string of the molecule is CC1(C)OC(=O)C=C(CC(=O)Cc2ccccc2)O1. The predicted octanol–water partition coefficient (Wildman–Crippen LogP) is 2.38. The Balaban J connectivity index is 1.98. The normalized spacial score (nSPS) is 17.2. The number of esters is 1. The minimum atomic E-state index is -1.01. The Morgan fingerprint density at radius 3 is 2.42 bits per heavy atom. The van der Waals surface area contributed by atoms with Crippen molar-refractivity contribution in [2.24, 2.45) is 0 Å². The number of carbonyl (C=O) groups is 2. The summed E-state index contributed by atoms with van der Waals surface area (Å²) < 4.78 is 10.4. The molecule has 0 unspecified atom stereocenters. The molecule has 0 amide bonds. The third kappa shape index (κ3) is 3.95. The van der Waals surface area contributed by atoms with Crippen molar-refractivity contribution in [1.82, 2.24) is 0 Å². The van der Waals surface area contributed by atoms with E-state index in [1.165, 1.54) is 6.08 Å². The first-order valence-electron chi connectivity index (χ1n) is 6.13. The van der Waals surface area contributed by atoms with Gasteiger partial charge in [0.05, 0.1) is 12.5 Å². The van der Waals surface area contributed by atoms with Gasteiger partial charge in [0, 0.05) is 20.3 Å². The molecule has 0 atom stereocenters. The molecule has 100 valence electrons. The molecule has 0 N–H and O–H groups in total. The summed E-state index contributed by atoms with van der Waals surface area (Å²) in [6.45, 7) is 3.28. The van der Waals surface area contributed by atoms with Gasteiger partial charge in [0.15, 0.2) is 0 Å². The lowest BCUT2D eigenvalue weighted by Gasteiger charge is -2.30. The van der Waals surface area contributed by atoms with E-state index in [4.69, 9.17) is 9.47 Å². The van der Waals surface area contributed by atoms with Crippen molar-refractivity contribution in [2.45, 2.75) is 32.5 Å². The Morgan fingerprint density at radius 1 is 1.11 bits per heavy atom. The molecule has 0 aromatic heterocycles. The van der Waals surface area contributed by atoms with Gasteiger partial charge in [-0.25, -0.2) is 4.79 Å². The van der Waals surface area contributed by atoms with E-state index in [1.807, 2.05) is 30.3 Å². The highest BCUT2D eigenvalue weighted by Gasteiger charge is 2.30. The molecule has 19 heavy (non-hydrogen) atoms. The van der Waals surface area contributed by atoms with Crippen molar-refractivity contribution in [2.75, 3.05) is 0 Å². The van der Waals surface area contributed by atoms with Crippen LogP contribution in [-0.2, 0) is 25.5 Å². The van der Waals surface area contributed by atoms with E-state index in [2.05, 4.69) is 0 Å². The summed E-state index contributed by atoms with van der Waals surface area (Å²) in [5, 5.41) is 0. The zero-order valence-electron chi connectivity index (χ0n) is 11.0. The van der Waals surface area contributed by atoms with E-state index >= 15 is 0 Å². The molecule has 0 radical (unpaired) electrons. The molecule has 1 aliphatic heterocycles. The monoisotopic (exact) mass is 260 g/mol. The number of hydrogen-bond acceptors (Lipinski definition) is 4. The number of benzene rings is 1. The van der Waals surface area contributed by atoms with Crippen molar-refractivity contribution in [3.8, 4) is 0 Å². The molecule has 0 spiro atoms. The molecule has 4 nitrogen and oxygen atoms in total. The quantitative estimate of drug-likeness (QED) is 0.780. The van der Waals surface area contributed by atoms with E-state index in [-0.39, 0.29) is 12.2 Å². The van der Waals surface area contributed by atoms with Crippen LogP contribution < -0.4 is 0 Å². The van der Waals surface area contributed by atoms with Crippen LogP contribution in [0, 0.1) is 0 Å². The summed E-state index contributed by atoms with van der Waals surface area (Å²) in [5.74, 6) is -1.11. The fourth-order valence-corrected chi connectivity index (χ4v) is 1.94. The van der Waals surface area contributed by atoms with Gasteiger partial charge in [-0.3, -0.25) is 4.79 Å². The average Bonchev–Trinajstić information content (AvgIpc) is 2.26. The second kappa shape index (κ2) is 5.26. The second-order valence-corrected chi connectivity index (χ2v) is 4.91. The Hall–Kier alpha value is -2.10. The third-order valence-electron chi connectivity index (χ3n) is 2.62. The first-order chi connectivity index (χ1) is 8.94. The molecule has 2 rings (SSSR count). The van der Waals surface area contributed by atoms with Crippen LogP contribution in [0.1, 0.15) is 25.8 Å². The number of allylic oxidation sites excluding steroid dienone is 1. The van der Waals surface area contributed by atoms with E-state index < -0.39 is 11.8 Å². The minimum Gasteiger partial charge on any atom is -0.456 e. The van der Waals surface area contributed by atoms with E-state index in [0.29, 0.717) is 12.2 Å². The summed E-state index contributed by atoms with van der Waals surface area (Å²) >= 11 is 0. The van der Waals surface area contributed by atoms with Crippen molar-refractivity contribution in [3.63, 3.8) is 0 Å². The van der Waals surface area contributed by atoms with Gasteiger partial charge in [0.1, 0.15) is 11.5 Å². The Bertz CT molecular complexity index is 514. The van der Waals surface area contributed by atoms with Gasteiger partial charge in [-0.15, -0.1) is 0 Å². The fourth-order valence-electron chi connectivity index (χ4n) is 1.94. The molecule has 0 aliphatic carbocycles. The zero-order valence-corrected chi connectivity index (χ0v) is 11.0. The number of ether oxygens (including phenoxy) is 2. The van der Waals surface area contributed by atoms with Crippen molar-refractivity contribution < 1.29 is 19.1 Å². The average molecular weight is 260 g/mol. The van der Waals surface area contributed by atoms with Crippen LogP contribution >= 0.6 is 0 Å². The summed E-state index contributed by atoms with van der Waals surface area (Å²) in [4.78, 5) is 23.3. The third-order valence-corrected chi connectivity index (χ3v) is 2.62. The number of rotatable bonds is 4. The van der Waals surface area contributed by atoms with Crippen LogP contribution in [0.2, 0.25) is 0 Å². The highest BCUT2D eigenvalue weighted by atomic mass is 16.7. The summed E-state index contributed by atoms with van der Waals surface area (Å²) in [5.41, 5.74) is 0.950. The predicted molar refractivity (Wildman–Crippen MR) is 69.1 cm³/mol. The smallest absolute Gasteiger partial charge is 0.337 e. The number of Topliss-reactive ketones (excluding diaryl/α,β-unsaturated/α-hetero) is 1. The van der Waals surface area contributed by atoms with Gasteiger partial charge >= 0.3 is 5.97 Å². The number of carbonyl (C=O) groups excluding carboxylic acids is 2. The molecule has 1 aliphatic rings.